The molecule has 0 saturated heterocycles. The fourth-order valence-electron chi connectivity index (χ4n) is 9.86. The number of rotatable bonds is 7. The van der Waals surface area contributed by atoms with Crippen LogP contribution >= 0.6 is 11.3 Å². The predicted octanol–water partition coefficient (Wildman–Crippen LogP) is 14.7. The first-order valence-corrected chi connectivity index (χ1v) is 22.1. The van der Waals surface area contributed by atoms with Gasteiger partial charge in [0.2, 0.25) is 0 Å². The van der Waals surface area contributed by atoms with Crippen molar-refractivity contribution < 1.29 is 0 Å². The van der Waals surface area contributed by atoms with Crippen molar-refractivity contribution in [1.29, 1.82) is 0 Å². The largest absolute Gasteiger partial charge is 0.208 e. The number of nitrogens with zero attached hydrogens (tertiary/aromatic N) is 3. The summed E-state index contributed by atoms with van der Waals surface area (Å²) in [5, 5.41) is 2.65. The Labute approximate surface area is 365 Å². The number of hydrogen-bond donors (Lipinski definition) is 0. The lowest BCUT2D eigenvalue weighted by molar-refractivity contribution is 0.768. The Balaban J connectivity index is 0.902. The third kappa shape index (κ3) is 5.90. The molecule has 62 heavy (non-hydrogen) atoms. The Morgan fingerprint density at radius 3 is 1.79 bits per heavy atom. The molecule has 10 aromatic rings. The van der Waals surface area contributed by atoms with E-state index in [-0.39, 0.29) is 5.92 Å². The summed E-state index contributed by atoms with van der Waals surface area (Å²) in [6, 6.07) is 72.2. The van der Waals surface area contributed by atoms with E-state index < -0.39 is 5.41 Å². The van der Waals surface area contributed by atoms with Gasteiger partial charge in [-0.05, 0) is 68.6 Å². The zero-order chi connectivity index (χ0) is 41.0. The summed E-state index contributed by atoms with van der Waals surface area (Å²) in [5.74, 6) is 2.26. The first kappa shape index (κ1) is 36.3. The molecule has 2 aliphatic rings. The summed E-state index contributed by atoms with van der Waals surface area (Å²) < 4.78 is 2.67. The third-order valence-electron chi connectivity index (χ3n) is 12.8. The fourth-order valence-corrected chi connectivity index (χ4v) is 11.1. The summed E-state index contributed by atoms with van der Waals surface area (Å²) in [5.41, 5.74) is 13.7. The summed E-state index contributed by atoms with van der Waals surface area (Å²) in [4.78, 5) is 15.5. The lowest BCUT2D eigenvalue weighted by atomic mass is 9.67. The van der Waals surface area contributed by atoms with Crippen LogP contribution in [0.1, 0.15) is 46.0 Å². The predicted molar refractivity (Wildman–Crippen MR) is 257 cm³/mol. The molecule has 0 spiro atoms. The number of thiophene rings is 1. The molecule has 4 heteroatoms. The number of aromatic nitrogens is 3. The molecule has 1 atom stereocenters. The fraction of sp³-hybridized carbons (Fsp3) is 0.0517. The van der Waals surface area contributed by atoms with Gasteiger partial charge >= 0.3 is 0 Å². The van der Waals surface area contributed by atoms with Crippen molar-refractivity contribution in [2.24, 2.45) is 0 Å². The van der Waals surface area contributed by atoms with E-state index in [0.29, 0.717) is 17.5 Å². The normalized spacial score (nSPS) is 15.0. The molecule has 0 amide bonds. The SMILES string of the molecule is C1=CC(c2ccc(-c3cccc4c3sc3ccccc34)cc2)CC=C1c1nc(-c2ccccc2)nc(-c2ccc3c(c2)-c2ccccc2C3(c2ccccc2)c2ccccc2)n1. The number of allylic oxidation sites excluding steroid dienone is 4. The van der Waals surface area contributed by atoms with Crippen molar-refractivity contribution in [3.8, 4) is 45.0 Å². The smallest absolute Gasteiger partial charge is 0.164 e. The molecular formula is C58H39N3S. The summed E-state index contributed by atoms with van der Waals surface area (Å²) in [6.45, 7) is 0. The van der Waals surface area contributed by atoms with E-state index in [9.17, 15) is 0 Å². The van der Waals surface area contributed by atoms with E-state index in [4.69, 9.17) is 15.0 Å². The van der Waals surface area contributed by atoms with Gasteiger partial charge < -0.3 is 0 Å². The van der Waals surface area contributed by atoms with Crippen LogP contribution in [0.3, 0.4) is 0 Å². The van der Waals surface area contributed by atoms with Gasteiger partial charge in [0, 0.05) is 42.8 Å². The quantitative estimate of drug-likeness (QED) is 0.161. The minimum Gasteiger partial charge on any atom is -0.208 e. The zero-order valence-corrected chi connectivity index (χ0v) is 34.6. The van der Waals surface area contributed by atoms with Crippen molar-refractivity contribution in [1.82, 2.24) is 15.0 Å². The van der Waals surface area contributed by atoms with Gasteiger partial charge in [-0.1, -0.05) is 206 Å². The lowest BCUT2D eigenvalue weighted by Gasteiger charge is -2.33. The number of benzene rings is 8. The highest BCUT2D eigenvalue weighted by atomic mass is 32.1. The second-order valence-electron chi connectivity index (χ2n) is 16.2. The highest BCUT2D eigenvalue weighted by Gasteiger charge is 2.46. The van der Waals surface area contributed by atoms with Gasteiger partial charge in [-0.15, -0.1) is 11.3 Å². The van der Waals surface area contributed by atoms with E-state index in [2.05, 4.69) is 200 Å². The van der Waals surface area contributed by atoms with Gasteiger partial charge in [-0.25, -0.2) is 15.0 Å². The van der Waals surface area contributed by atoms with Crippen molar-refractivity contribution in [2.45, 2.75) is 17.8 Å². The van der Waals surface area contributed by atoms with Crippen molar-refractivity contribution in [3.05, 3.63) is 252 Å². The van der Waals surface area contributed by atoms with Crippen LogP contribution in [0.2, 0.25) is 0 Å². The first-order valence-electron chi connectivity index (χ1n) is 21.3. The molecule has 12 rings (SSSR count). The molecule has 0 saturated carbocycles. The van der Waals surface area contributed by atoms with Crippen molar-refractivity contribution in [3.63, 3.8) is 0 Å². The highest BCUT2D eigenvalue weighted by Crippen LogP contribution is 2.56. The maximum Gasteiger partial charge on any atom is 0.164 e. The third-order valence-corrected chi connectivity index (χ3v) is 14.0. The molecule has 2 aromatic heterocycles. The maximum atomic E-state index is 5.23. The molecular weight excluding hydrogens is 771 g/mol. The van der Waals surface area contributed by atoms with Crippen LogP contribution in [-0.2, 0) is 5.41 Å². The molecule has 3 nitrogen and oxygen atoms in total. The minimum atomic E-state index is -0.464. The molecule has 292 valence electrons. The topological polar surface area (TPSA) is 38.7 Å². The Bertz CT molecular complexity index is 3330. The Hall–Kier alpha value is -7.53. The molecule has 2 aliphatic carbocycles. The molecule has 0 radical (unpaired) electrons. The van der Waals surface area contributed by atoms with Crippen LogP contribution in [0.5, 0.6) is 0 Å². The van der Waals surface area contributed by atoms with Gasteiger partial charge in [0.1, 0.15) is 0 Å². The Morgan fingerprint density at radius 2 is 1.05 bits per heavy atom. The minimum absolute atomic E-state index is 0.258. The van der Waals surface area contributed by atoms with Crippen molar-refractivity contribution >= 4 is 37.1 Å². The van der Waals surface area contributed by atoms with Gasteiger partial charge in [-0.2, -0.15) is 0 Å². The number of hydrogen-bond acceptors (Lipinski definition) is 4. The van der Waals surface area contributed by atoms with Gasteiger partial charge in [0.05, 0.1) is 5.41 Å². The molecule has 2 heterocycles. The van der Waals surface area contributed by atoms with E-state index in [0.717, 1.165) is 23.1 Å². The molecule has 0 aliphatic heterocycles. The van der Waals surface area contributed by atoms with E-state index in [1.807, 2.05) is 29.5 Å². The molecule has 1 unspecified atom stereocenters. The zero-order valence-electron chi connectivity index (χ0n) is 33.8. The van der Waals surface area contributed by atoms with E-state index in [1.165, 1.54) is 70.2 Å². The maximum absolute atomic E-state index is 5.23. The summed E-state index contributed by atoms with van der Waals surface area (Å²) in [6.07, 6.45) is 7.65. The van der Waals surface area contributed by atoms with Crippen LogP contribution in [-0.4, -0.2) is 15.0 Å². The molecule has 0 N–H and O–H groups in total. The van der Waals surface area contributed by atoms with Crippen LogP contribution in [0.25, 0.3) is 70.8 Å². The van der Waals surface area contributed by atoms with Crippen LogP contribution in [0.4, 0.5) is 0 Å². The average Bonchev–Trinajstić information content (AvgIpc) is 3.89. The second kappa shape index (κ2) is 14.9. The summed E-state index contributed by atoms with van der Waals surface area (Å²) in [7, 11) is 0. The summed E-state index contributed by atoms with van der Waals surface area (Å²) >= 11 is 1.88. The van der Waals surface area contributed by atoms with Crippen LogP contribution < -0.4 is 0 Å². The molecule has 0 bridgehead atoms. The Morgan fingerprint density at radius 1 is 0.452 bits per heavy atom. The highest BCUT2D eigenvalue weighted by molar-refractivity contribution is 7.26. The van der Waals surface area contributed by atoms with E-state index >= 15 is 0 Å². The first-order chi connectivity index (χ1) is 30.7. The molecule has 0 fully saturated rings. The standard InChI is InChI=1S/C58H39N3S/c1-4-15-41(16-5-1)55-59-56(42-33-29-39(30-34-42)38-27-31-40(32-28-38)46-23-14-24-49-48-22-11-13-26-53(48)62-54(46)49)61-57(60-55)43-35-36-52-50(37-43)47-21-10-12-25-51(47)58(52,44-17-6-2-7-18-44)45-19-8-3-9-20-45/h1-29,31-37,39H,30H2. The number of fused-ring (bicyclic) bond motifs is 6. The van der Waals surface area contributed by atoms with Gasteiger partial charge in [-0.3, -0.25) is 0 Å². The molecule has 8 aromatic carbocycles. The van der Waals surface area contributed by atoms with Crippen LogP contribution in [0, 0.1) is 0 Å². The van der Waals surface area contributed by atoms with Gasteiger partial charge in [0.25, 0.3) is 0 Å². The Kier molecular flexibility index (Phi) is 8.72. The lowest BCUT2D eigenvalue weighted by Crippen LogP contribution is -2.28. The van der Waals surface area contributed by atoms with Crippen LogP contribution in [0.15, 0.2) is 218 Å². The monoisotopic (exact) mass is 809 g/mol. The average molecular weight is 810 g/mol. The van der Waals surface area contributed by atoms with Crippen molar-refractivity contribution in [2.75, 3.05) is 0 Å². The second-order valence-corrected chi connectivity index (χ2v) is 17.3. The van der Waals surface area contributed by atoms with E-state index in [1.54, 1.807) is 0 Å². The van der Waals surface area contributed by atoms with Gasteiger partial charge in [0.15, 0.2) is 17.5 Å².